The lowest BCUT2D eigenvalue weighted by Crippen LogP contribution is -2.37. The van der Waals surface area contributed by atoms with Crippen LogP contribution in [-0.2, 0) is 0 Å². The van der Waals surface area contributed by atoms with Crippen LogP contribution in [0.5, 0.6) is 5.75 Å². The molecule has 1 amide bonds. The summed E-state index contributed by atoms with van der Waals surface area (Å²) in [6, 6.07) is 11.2. The summed E-state index contributed by atoms with van der Waals surface area (Å²) >= 11 is 0. The zero-order valence-electron chi connectivity index (χ0n) is 15.7. The Bertz CT molecular complexity index is 1010. The third kappa shape index (κ3) is 3.47. The average molecular weight is 382 g/mol. The monoisotopic (exact) mass is 382 g/mol. The molecule has 0 aliphatic carbocycles. The lowest BCUT2D eigenvalue weighted by molar-refractivity contribution is 0.0937. The number of carbonyl (C=O) groups is 1. The summed E-state index contributed by atoms with van der Waals surface area (Å²) < 4.78 is 20.1. The number of benzene rings is 2. The fraction of sp³-hybridized carbons (Fsp3) is 0.318. The van der Waals surface area contributed by atoms with Gasteiger partial charge >= 0.3 is 0 Å². The molecule has 1 aliphatic heterocycles. The SMILES string of the molecule is Cc1oc2ccc(O)cc2c1C(=O)NCC(c1ccccc1F)N1CCCC1. The van der Waals surface area contributed by atoms with Crippen LogP contribution in [0.25, 0.3) is 11.0 Å². The number of furan rings is 1. The third-order valence-electron chi connectivity index (χ3n) is 5.38. The maximum absolute atomic E-state index is 14.4. The van der Waals surface area contributed by atoms with Crippen molar-refractivity contribution in [2.45, 2.75) is 25.8 Å². The molecule has 2 aromatic carbocycles. The van der Waals surface area contributed by atoms with Crippen molar-refractivity contribution < 1.29 is 18.7 Å². The summed E-state index contributed by atoms with van der Waals surface area (Å²) in [4.78, 5) is 15.1. The fourth-order valence-corrected chi connectivity index (χ4v) is 4.00. The second-order valence-electron chi connectivity index (χ2n) is 7.20. The minimum Gasteiger partial charge on any atom is -0.508 e. The van der Waals surface area contributed by atoms with Crippen LogP contribution in [0.2, 0.25) is 0 Å². The van der Waals surface area contributed by atoms with Crippen LogP contribution in [0.15, 0.2) is 46.9 Å². The van der Waals surface area contributed by atoms with Crippen LogP contribution in [0.4, 0.5) is 4.39 Å². The van der Waals surface area contributed by atoms with Gasteiger partial charge < -0.3 is 14.8 Å². The van der Waals surface area contributed by atoms with E-state index in [9.17, 15) is 14.3 Å². The first kappa shape index (κ1) is 18.5. The molecule has 1 atom stereocenters. The number of hydrogen-bond donors (Lipinski definition) is 2. The quantitative estimate of drug-likeness (QED) is 0.696. The second kappa shape index (κ2) is 7.64. The Hall–Kier alpha value is -2.86. The zero-order valence-corrected chi connectivity index (χ0v) is 15.7. The molecule has 1 saturated heterocycles. The van der Waals surface area contributed by atoms with Gasteiger partial charge in [-0.15, -0.1) is 0 Å². The number of carbonyl (C=O) groups excluding carboxylic acids is 1. The van der Waals surface area contributed by atoms with Gasteiger partial charge in [-0.3, -0.25) is 9.69 Å². The van der Waals surface area contributed by atoms with E-state index in [4.69, 9.17) is 4.42 Å². The molecule has 1 unspecified atom stereocenters. The van der Waals surface area contributed by atoms with Crippen LogP contribution >= 0.6 is 0 Å². The van der Waals surface area contributed by atoms with Gasteiger partial charge in [-0.1, -0.05) is 18.2 Å². The highest BCUT2D eigenvalue weighted by Crippen LogP contribution is 2.30. The highest BCUT2D eigenvalue weighted by Gasteiger charge is 2.27. The van der Waals surface area contributed by atoms with E-state index >= 15 is 0 Å². The number of phenolic OH excluding ortho intramolecular Hbond substituents is 1. The normalized spacial score (nSPS) is 15.8. The molecule has 1 fully saturated rings. The summed E-state index contributed by atoms with van der Waals surface area (Å²) in [5.74, 6) is 0.0104. The molecule has 3 aromatic rings. The summed E-state index contributed by atoms with van der Waals surface area (Å²) in [6.45, 7) is 3.79. The number of phenols is 1. The van der Waals surface area contributed by atoms with E-state index in [1.807, 2.05) is 6.07 Å². The molecule has 2 N–H and O–H groups in total. The minimum absolute atomic E-state index is 0.0728. The Balaban J connectivity index is 1.59. The van der Waals surface area contributed by atoms with Crippen LogP contribution in [0.3, 0.4) is 0 Å². The van der Waals surface area contributed by atoms with Crippen LogP contribution in [0, 0.1) is 12.7 Å². The molecule has 1 aromatic heterocycles. The molecule has 146 valence electrons. The Morgan fingerprint density at radius 2 is 2.00 bits per heavy atom. The van der Waals surface area contributed by atoms with E-state index in [1.165, 1.54) is 18.2 Å². The number of aryl methyl sites for hydroxylation is 1. The highest BCUT2D eigenvalue weighted by atomic mass is 19.1. The molecule has 0 radical (unpaired) electrons. The smallest absolute Gasteiger partial charge is 0.255 e. The number of likely N-dealkylation sites (tertiary alicyclic amines) is 1. The second-order valence-corrected chi connectivity index (χ2v) is 7.20. The number of nitrogens with one attached hydrogen (secondary N) is 1. The predicted octanol–water partition coefficient (Wildman–Crippen LogP) is 4.15. The first-order valence-corrected chi connectivity index (χ1v) is 9.53. The van der Waals surface area contributed by atoms with Crippen molar-refractivity contribution in [3.05, 3.63) is 65.2 Å². The molecule has 4 rings (SSSR count). The van der Waals surface area contributed by atoms with Gasteiger partial charge in [0.05, 0.1) is 11.6 Å². The molecule has 28 heavy (non-hydrogen) atoms. The summed E-state index contributed by atoms with van der Waals surface area (Å²) in [5, 5.41) is 13.3. The molecule has 0 spiro atoms. The number of nitrogens with zero attached hydrogens (tertiary/aromatic N) is 1. The van der Waals surface area contributed by atoms with Gasteiger partial charge in [-0.05, 0) is 57.1 Å². The van der Waals surface area contributed by atoms with Gasteiger partial charge in [0.15, 0.2) is 0 Å². The van der Waals surface area contributed by atoms with Gasteiger partial charge in [-0.2, -0.15) is 0 Å². The molecule has 5 nitrogen and oxygen atoms in total. The Labute approximate surface area is 162 Å². The third-order valence-corrected chi connectivity index (χ3v) is 5.38. The molecule has 0 bridgehead atoms. The van der Waals surface area contributed by atoms with Crippen LogP contribution in [-0.4, -0.2) is 35.5 Å². The summed E-state index contributed by atoms with van der Waals surface area (Å²) in [5.41, 5.74) is 1.54. The maximum Gasteiger partial charge on any atom is 0.255 e. The predicted molar refractivity (Wildman–Crippen MR) is 105 cm³/mol. The Morgan fingerprint density at radius 3 is 2.75 bits per heavy atom. The van der Waals surface area contributed by atoms with Gasteiger partial charge in [0.1, 0.15) is 22.9 Å². The number of amides is 1. The average Bonchev–Trinajstić information content (AvgIpc) is 3.30. The number of hydrogen-bond acceptors (Lipinski definition) is 4. The Kier molecular flexibility index (Phi) is 5.05. The number of halogens is 1. The first-order valence-electron chi connectivity index (χ1n) is 9.53. The molecule has 0 saturated carbocycles. The number of aromatic hydroxyl groups is 1. The number of fused-ring (bicyclic) bond motifs is 1. The van der Waals surface area contributed by atoms with Crippen molar-refractivity contribution in [1.29, 1.82) is 0 Å². The molecule has 6 heteroatoms. The van der Waals surface area contributed by atoms with E-state index in [1.54, 1.807) is 25.1 Å². The topological polar surface area (TPSA) is 65.7 Å². The van der Waals surface area contributed by atoms with Crippen molar-refractivity contribution >= 4 is 16.9 Å². The molecular weight excluding hydrogens is 359 g/mol. The first-order chi connectivity index (χ1) is 13.5. The summed E-state index contributed by atoms with van der Waals surface area (Å²) in [6.07, 6.45) is 2.15. The van der Waals surface area contributed by atoms with E-state index in [0.717, 1.165) is 25.9 Å². The van der Waals surface area contributed by atoms with Crippen molar-refractivity contribution in [1.82, 2.24) is 10.2 Å². The van der Waals surface area contributed by atoms with E-state index in [-0.39, 0.29) is 23.5 Å². The lowest BCUT2D eigenvalue weighted by Gasteiger charge is -2.28. The highest BCUT2D eigenvalue weighted by molar-refractivity contribution is 6.07. The lowest BCUT2D eigenvalue weighted by atomic mass is 10.0. The molecular formula is C22H23FN2O3. The minimum atomic E-state index is -0.289. The fourth-order valence-electron chi connectivity index (χ4n) is 4.00. The van der Waals surface area contributed by atoms with Crippen molar-refractivity contribution in [2.75, 3.05) is 19.6 Å². The van der Waals surface area contributed by atoms with Gasteiger partial charge in [0.2, 0.25) is 0 Å². The van der Waals surface area contributed by atoms with E-state index < -0.39 is 0 Å². The zero-order chi connectivity index (χ0) is 19.7. The van der Waals surface area contributed by atoms with E-state index in [0.29, 0.717) is 34.4 Å². The van der Waals surface area contributed by atoms with Gasteiger partial charge in [0.25, 0.3) is 5.91 Å². The Morgan fingerprint density at radius 1 is 1.25 bits per heavy atom. The molecule has 2 heterocycles. The van der Waals surface area contributed by atoms with Crippen molar-refractivity contribution in [2.24, 2.45) is 0 Å². The van der Waals surface area contributed by atoms with Crippen LogP contribution < -0.4 is 5.32 Å². The maximum atomic E-state index is 14.4. The van der Waals surface area contributed by atoms with Gasteiger partial charge in [-0.25, -0.2) is 4.39 Å². The van der Waals surface area contributed by atoms with Crippen LogP contribution in [0.1, 0.15) is 40.6 Å². The standard InChI is InChI=1S/C22H23FN2O3/c1-14-21(17-12-15(26)8-9-20(17)28-14)22(27)24-13-19(25-10-4-5-11-25)16-6-2-3-7-18(16)23/h2-3,6-9,12,19,26H,4-5,10-11,13H2,1H3,(H,24,27). The molecule has 1 aliphatic rings. The van der Waals surface area contributed by atoms with Crippen molar-refractivity contribution in [3.8, 4) is 5.75 Å². The largest absolute Gasteiger partial charge is 0.508 e. The van der Waals surface area contributed by atoms with Gasteiger partial charge in [0, 0.05) is 17.5 Å². The van der Waals surface area contributed by atoms with E-state index in [2.05, 4.69) is 10.2 Å². The summed E-state index contributed by atoms with van der Waals surface area (Å²) in [7, 11) is 0. The number of rotatable bonds is 5. The van der Waals surface area contributed by atoms with Crippen molar-refractivity contribution in [3.63, 3.8) is 0 Å².